The van der Waals surface area contributed by atoms with E-state index in [0.29, 0.717) is 29.4 Å². The number of rotatable bonds is 5. The average molecular weight is 252 g/mol. The van der Waals surface area contributed by atoms with Crippen molar-refractivity contribution in [3.05, 3.63) is 17.0 Å². The Morgan fingerprint density at radius 1 is 1.28 bits per heavy atom. The minimum Gasteiger partial charge on any atom is -0.354 e. The fraction of sp³-hybridized carbons (Fsp3) is 0.583. The third-order valence-electron chi connectivity index (χ3n) is 2.47. The third kappa shape index (κ3) is 3.87. The number of aryl methyl sites for hydroxylation is 2. The van der Waals surface area contributed by atoms with Crippen LogP contribution in [0, 0.1) is 19.8 Å². The Kier molecular flexibility index (Phi) is 4.88. The number of carbonyl (C=O) groups is 2. The lowest BCUT2D eigenvalue weighted by molar-refractivity contribution is -0.120. The van der Waals surface area contributed by atoms with Crippen LogP contribution in [0.3, 0.4) is 0 Å². The zero-order chi connectivity index (χ0) is 13.7. The summed E-state index contributed by atoms with van der Waals surface area (Å²) in [4.78, 5) is 23.3. The van der Waals surface area contributed by atoms with Crippen molar-refractivity contribution in [2.75, 3.05) is 13.1 Å². The first-order chi connectivity index (χ1) is 8.41. The van der Waals surface area contributed by atoms with Gasteiger partial charge in [-0.2, -0.15) is 5.10 Å². The number of carbonyl (C=O) groups excluding carboxylic acids is 2. The van der Waals surface area contributed by atoms with Gasteiger partial charge in [0.1, 0.15) is 0 Å². The van der Waals surface area contributed by atoms with Gasteiger partial charge in [0.2, 0.25) is 5.91 Å². The number of amides is 2. The Morgan fingerprint density at radius 3 is 2.44 bits per heavy atom. The first-order valence-corrected chi connectivity index (χ1v) is 5.98. The largest absolute Gasteiger partial charge is 0.354 e. The maximum atomic E-state index is 11.8. The molecular formula is C12H20N4O2. The molecule has 0 atom stereocenters. The summed E-state index contributed by atoms with van der Waals surface area (Å²) in [5.74, 6) is -0.0719. The summed E-state index contributed by atoms with van der Waals surface area (Å²) >= 11 is 0. The first-order valence-electron chi connectivity index (χ1n) is 5.98. The van der Waals surface area contributed by atoms with E-state index in [-0.39, 0.29) is 18.4 Å². The minimum absolute atomic E-state index is 0.0182. The molecule has 2 amide bonds. The van der Waals surface area contributed by atoms with Gasteiger partial charge in [-0.3, -0.25) is 14.7 Å². The van der Waals surface area contributed by atoms with Crippen LogP contribution in [-0.2, 0) is 4.79 Å². The summed E-state index contributed by atoms with van der Waals surface area (Å²) in [6.07, 6.45) is 0. The van der Waals surface area contributed by atoms with Gasteiger partial charge in [0, 0.05) is 12.2 Å². The molecule has 0 aliphatic carbocycles. The topological polar surface area (TPSA) is 86.9 Å². The number of nitrogens with one attached hydrogen (secondary N) is 3. The lowest BCUT2D eigenvalue weighted by Gasteiger charge is -2.08. The molecule has 0 saturated carbocycles. The maximum Gasteiger partial charge on any atom is 0.255 e. The first kappa shape index (κ1) is 14.2. The van der Waals surface area contributed by atoms with Crippen molar-refractivity contribution in [1.82, 2.24) is 20.8 Å². The molecule has 0 aromatic carbocycles. The third-order valence-corrected chi connectivity index (χ3v) is 2.47. The van der Waals surface area contributed by atoms with E-state index >= 15 is 0 Å². The molecule has 18 heavy (non-hydrogen) atoms. The highest BCUT2D eigenvalue weighted by Gasteiger charge is 2.15. The molecule has 0 spiro atoms. The van der Waals surface area contributed by atoms with Crippen molar-refractivity contribution < 1.29 is 9.59 Å². The average Bonchev–Trinajstić information content (AvgIpc) is 2.63. The molecule has 0 radical (unpaired) electrons. The molecule has 0 bridgehead atoms. The van der Waals surface area contributed by atoms with Crippen LogP contribution < -0.4 is 10.6 Å². The van der Waals surface area contributed by atoms with Crippen molar-refractivity contribution in [1.29, 1.82) is 0 Å². The molecule has 0 aliphatic rings. The van der Waals surface area contributed by atoms with Gasteiger partial charge >= 0.3 is 0 Å². The molecule has 6 nitrogen and oxygen atoms in total. The summed E-state index contributed by atoms with van der Waals surface area (Å²) in [6.45, 7) is 8.13. The van der Waals surface area contributed by atoms with Crippen molar-refractivity contribution in [2.45, 2.75) is 27.7 Å². The van der Waals surface area contributed by atoms with Crippen molar-refractivity contribution in [3.63, 3.8) is 0 Å². The van der Waals surface area contributed by atoms with Gasteiger partial charge in [-0.15, -0.1) is 0 Å². The van der Waals surface area contributed by atoms with Gasteiger partial charge in [0.15, 0.2) is 0 Å². The van der Waals surface area contributed by atoms with Crippen molar-refractivity contribution in [2.24, 2.45) is 5.92 Å². The molecule has 6 heteroatoms. The summed E-state index contributed by atoms with van der Waals surface area (Å²) < 4.78 is 0. The molecule has 1 aromatic heterocycles. The summed E-state index contributed by atoms with van der Waals surface area (Å²) in [7, 11) is 0. The maximum absolute atomic E-state index is 11.8. The second-order valence-electron chi connectivity index (χ2n) is 4.69. The number of aromatic amines is 1. The number of H-pyrrole nitrogens is 1. The smallest absolute Gasteiger partial charge is 0.255 e. The molecule has 0 fully saturated rings. The van der Waals surface area contributed by atoms with E-state index in [4.69, 9.17) is 0 Å². The highest BCUT2D eigenvalue weighted by atomic mass is 16.2. The molecule has 1 aromatic rings. The van der Waals surface area contributed by atoms with Gasteiger partial charge in [-0.05, 0) is 19.8 Å². The predicted octanol–water partition coefficient (Wildman–Crippen LogP) is 0.529. The number of hydrogen-bond donors (Lipinski definition) is 3. The van der Waals surface area contributed by atoms with Gasteiger partial charge < -0.3 is 10.6 Å². The standard InChI is InChI=1S/C12H20N4O2/c1-7(2)5-13-10(17)6-14-12(18)11-8(3)15-16-9(11)4/h7H,5-6H2,1-4H3,(H,13,17)(H,14,18)(H,15,16). The van der Waals surface area contributed by atoms with Crippen LogP contribution >= 0.6 is 0 Å². The van der Waals surface area contributed by atoms with Gasteiger partial charge in [0.05, 0.1) is 17.8 Å². The predicted molar refractivity (Wildman–Crippen MR) is 68.2 cm³/mol. The van der Waals surface area contributed by atoms with Crippen LogP contribution in [-0.4, -0.2) is 35.1 Å². The van der Waals surface area contributed by atoms with E-state index in [1.54, 1.807) is 13.8 Å². The second kappa shape index (κ2) is 6.18. The van der Waals surface area contributed by atoms with E-state index in [1.807, 2.05) is 13.8 Å². The van der Waals surface area contributed by atoms with Gasteiger partial charge in [-0.25, -0.2) is 0 Å². The number of aromatic nitrogens is 2. The molecule has 0 aliphatic heterocycles. The highest BCUT2D eigenvalue weighted by Crippen LogP contribution is 2.08. The van der Waals surface area contributed by atoms with Crippen LogP contribution in [0.5, 0.6) is 0 Å². The monoisotopic (exact) mass is 252 g/mol. The molecule has 1 heterocycles. The van der Waals surface area contributed by atoms with Crippen molar-refractivity contribution >= 4 is 11.8 Å². The minimum atomic E-state index is -0.279. The van der Waals surface area contributed by atoms with Crippen LogP contribution in [0.4, 0.5) is 0 Å². The molecule has 100 valence electrons. The Bertz CT molecular complexity index is 418. The van der Waals surface area contributed by atoms with Gasteiger partial charge in [-0.1, -0.05) is 13.8 Å². The Balaban J connectivity index is 2.45. The van der Waals surface area contributed by atoms with Crippen LogP contribution in [0.2, 0.25) is 0 Å². The second-order valence-corrected chi connectivity index (χ2v) is 4.69. The normalized spacial score (nSPS) is 10.5. The molecule has 0 saturated heterocycles. The molecule has 0 unspecified atom stereocenters. The lowest BCUT2D eigenvalue weighted by atomic mass is 10.2. The number of nitrogens with zero attached hydrogens (tertiary/aromatic N) is 1. The Labute approximate surface area is 107 Å². The Hall–Kier alpha value is -1.85. The SMILES string of the molecule is Cc1n[nH]c(C)c1C(=O)NCC(=O)NCC(C)C. The molecular weight excluding hydrogens is 232 g/mol. The Morgan fingerprint density at radius 2 is 1.94 bits per heavy atom. The highest BCUT2D eigenvalue weighted by molar-refractivity contribution is 5.98. The summed E-state index contributed by atoms with van der Waals surface area (Å²) in [6, 6.07) is 0. The van der Waals surface area contributed by atoms with E-state index in [1.165, 1.54) is 0 Å². The lowest BCUT2D eigenvalue weighted by Crippen LogP contribution is -2.38. The quantitative estimate of drug-likeness (QED) is 0.714. The molecule has 1 rings (SSSR count). The summed E-state index contributed by atoms with van der Waals surface area (Å²) in [5.41, 5.74) is 1.84. The van der Waals surface area contributed by atoms with Crippen molar-refractivity contribution in [3.8, 4) is 0 Å². The number of hydrogen-bond acceptors (Lipinski definition) is 3. The van der Waals surface area contributed by atoms with E-state index in [0.717, 1.165) is 0 Å². The van der Waals surface area contributed by atoms with E-state index in [2.05, 4.69) is 20.8 Å². The summed E-state index contributed by atoms with van der Waals surface area (Å²) in [5, 5.41) is 12.0. The molecule has 3 N–H and O–H groups in total. The fourth-order valence-electron chi connectivity index (χ4n) is 1.51. The zero-order valence-corrected chi connectivity index (χ0v) is 11.3. The van der Waals surface area contributed by atoms with Crippen LogP contribution in [0.15, 0.2) is 0 Å². The van der Waals surface area contributed by atoms with Gasteiger partial charge in [0.25, 0.3) is 5.91 Å². The van der Waals surface area contributed by atoms with E-state index < -0.39 is 0 Å². The van der Waals surface area contributed by atoms with Crippen LogP contribution in [0.25, 0.3) is 0 Å². The fourth-order valence-corrected chi connectivity index (χ4v) is 1.51. The van der Waals surface area contributed by atoms with E-state index in [9.17, 15) is 9.59 Å². The zero-order valence-electron chi connectivity index (χ0n) is 11.3. The van der Waals surface area contributed by atoms with Crippen LogP contribution in [0.1, 0.15) is 35.6 Å².